The highest BCUT2D eigenvalue weighted by atomic mass is 16.5. The van der Waals surface area contributed by atoms with Gasteiger partial charge in [-0.1, -0.05) is 6.07 Å². The lowest BCUT2D eigenvalue weighted by Crippen LogP contribution is -2.54. The zero-order valence-electron chi connectivity index (χ0n) is 12.7. The van der Waals surface area contributed by atoms with Crippen LogP contribution < -0.4 is 0 Å². The number of amides is 1. The van der Waals surface area contributed by atoms with E-state index in [0.717, 1.165) is 26.2 Å². The summed E-state index contributed by atoms with van der Waals surface area (Å²) in [7, 11) is 0. The molecule has 3 heterocycles. The van der Waals surface area contributed by atoms with E-state index in [1.807, 2.05) is 17.2 Å². The second-order valence-corrected chi connectivity index (χ2v) is 6.23. The number of hydrogen-bond acceptors (Lipinski definition) is 4. The van der Waals surface area contributed by atoms with E-state index in [9.17, 15) is 4.79 Å². The van der Waals surface area contributed by atoms with Crippen LogP contribution in [0, 0.1) is 0 Å². The minimum atomic E-state index is 0.209. The molecule has 0 aromatic carbocycles. The van der Waals surface area contributed by atoms with Gasteiger partial charge in [0.15, 0.2) is 0 Å². The van der Waals surface area contributed by atoms with Crippen molar-refractivity contribution >= 4 is 5.91 Å². The lowest BCUT2D eigenvalue weighted by Gasteiger charge is -2.41. The summed E-state index contributed by atoms with van der Waals surface area (Å²) in [6, 6.07) is 4.04. The van der Waals surface area contributed by atoms with Crippen LogP contribution in [-0.4, -0.2) is 65.6 Å². The highest BCUT2D eigenvalue weighted by molar-refractivity contribution is 5.79. The van der Waals surface area contributed by atoms with Gasteiger partial charge in [0, 0.05) is 44.5 Å². The van der Waals surface area contributed by atoms with Crippen molar-refractivity contribution < 1.29 is 9.53 Å². The standard InChI is InChI=1S/C16H23N3O2/c1-12-7-18(8-13(2)21-12)11-16(20)19-9-15(10-19)14-4-3-5-17-6-14/h3-6,12-13,15H,7-11H2,1-2H3/t12-,13+. The molecule has 0 unspecified atom stereocenters. The molecule has 3 rings (SSSR count). The number of ether oxygens (including phenoxy) is 1. The van der Waals surface area contributed by atoms with Crippen LogP contribution in [0.3, 0.4) is 0 Å². The molecular weight excluding hydrogens is 266 g/mol. The molecule has 1 aromatic heterocycles. The number of morpholine rings is 1. The number of pyridine rings is 1. The van der Waals surface area contributed by atoms with Gasteiger partial charge in [0.1, 0.15) is 0 Å². The fraction of sp³-hybridized carbons (Fsp3) is 0.625. The minimum Gasteiger partial charge on any atom is -0.373 e. The van der Waals surface area contributed by atoms with Gasteiger partial charge < -0.3 is 9.64 Å². The van der Waals surface area contributed by atoms with Crippen LogP contribution in [-0.2, 0) is 9.53 Å². The molecule has 21 heavy (non-hydrogen) atoms. The summed E-state index contributed by atoms with van der Waals surface area (Å²) in [6.45, 7) is 7.97. The average Bonchev–Trinajstić information content (AvgIpc) is 2.36. The van der Waals surface area contributed by atoms with Crippen LogP contribution >= 0.6 is 0 Å². The Morgan fingerprint density at radius 2 is 2.00 bits per heavy atom. The largest absolute Gasteiger partial charge is 0.373 e. The molecule has 0 radical (unpaired) electrons. The number of carbonyl (C=O) groups is 1. The van der Waals surface area contributed by atoms with Crippen LogP contribution in [0.5, 0.6) is 0 Å². The predicted molar refractivity (Wildman–Crippen MR) is 80.0 cm³/mol. The average molecular weight is 289 g/mol. The van der Waals surface area contributed by atoms with E-state index in [1.54, 1.807) is 6.20 Å². The molecule has 114 valence electrons. The molecule has 5 nitrogen and oxygen atoms in total. The molecule has 2 fully saturated rings. The topological polar surface area (TPSA) is 45.7 Å². The van der Waals surface area contributed by atoms with Crippen molar-refractivity contribution in [1.29, 1.82) is 0 Å². The van der Waals surface area contributed by atoms with Gasteiger partial charge in [-0.05, 0) is 25.5 Å². The van der Waals surface area contributed by atoms with Gasteiger partial charge in [-0.2, -0.15) is 0 Å². The molecule has 1 amide bonds. The lowest BCUT2D eigenvalue weighted by molar-refractivity contribution is -0.140. The van der Waals surface area contributed by atoms with Crippen LogP contribution in [0.2, 0.25) is 0 Å². The minimum absolute atomic E-state index is 0.209. The van der Waals surface area contributed by atoms with Gasteiger partial charge in [-0.25, -0.2) is 0 Å². The van der Waals surface area contributed by atoms with Gasteiger partial charge >= 0.3 is 0 Å². The number of rotatable bonds is 3. The van der Waals surface area contributed by atoms with Crippen molar-refractivity contribution in [3.63, 3.8) is 0 Å². The van der Waals surface area contributed by atoms with E-state index < -0.39 is 0 Å². The van der Waals surface area contributed by atoms with E-state index in [1.165, 1.54) is 5.56 Å². The Morgan fingerprint density at radius 3 is 2.62 bits per heavy atom. The lowest BCUT2D eigenvalue weighted by atomic mass is 9.92. The summed E-state index contributed by atoms with van der Waals surface area (Å²) in [5, 5.41) is 0. The van der Waals surface area contributed by atoms with Crippen molar-refractivity contribution in [2.45, 2.75) is 32.0 Å². The van der Waals surface area contributed by atoms with Crippen LogP contribution in [0.1, 0.15) is 25.3 Å². The Kier molecular flexibility index (Phi) is 4.22. The number of carbonyl (C=O) groups excluding carboxylic acids is 1. The van der Waals surface area contributed by atoms with Crippen molar-refractivity contribution in [3.05, 3.63) is 30.1 Å². The molecule has 2 aliphatic rings. The van der Waals surface area contributed by atoms with Gasteiger partial charge in [0.25, 0.3) is 0 Å². The van der Waals surface area contributed by atoms with E-state index in [2.05, 4.69) is 29.8 Å². The molecule has 1 aromatic rings. The molecule has 2 aliphatic heterocycles. The molecular formula is C16H23N3O2. The molecule has 0 aliphatic carbocycles. The zero-order valence-corrected chi connectivity index (χ0v) is 12.7. The summed E-state index contributed by atoms with van der Waals surface area (Å²) in [5.74, 6) is 0.682. The number of aromatic nitrogens is 1. The highest BCUT2D eigenvalue weighted by Gasteiger charge is 2.33. The van der Waals surface area contributed by atoms with Gasteiger partial charge in [-0.15, -0.1) is 0 Å². The van der Waals surface area contributed by atoms with Gasteiger partial charge in [0.2, 0.25) is 5.91 Å². The Labute approximate surface area is 125 Å². The van der Waals surface area contributed by atoms with Crippen LogP contribution in [0.25, 0.3) is 0 Å². The van der Waals surface area contributed by atoms with Crippen LogP contribution in [0.4, 0.5) is 0 Å². The van der Waals surface area contributed by atoms with Crippen molar-refractivity contribution in [2.75, 3.05) is 32.7 Å². The SMILES string of the molecule is C[C@@H]1CN(CC(=O)N2CC(c3cccnc3)C2)C[C@H](C)O1. The van der Waals surface area contributed by atoms with E-state index in [0.29, 0.717) is 12.5 Å². The smallest absolute Gasteiger partial charge is 0.236 e. The molecule has 0 spiro atoms. The third kappa shape index (κ3) is 3.41. The summed E-state index contributed by atoms with van der Waals surface area (Å²) in [5.41, 5.74) is 1.23. The molecule has 2 saturated heterocycles. The number of hydrogen-bond donors (Lipinski definition) is 0. The quantitative estimate of drug-likeness (QED) is 0.836. The molecule has 0 bridgehead atoms. The molecule has 2 atom stereocenters. The third-order valence-corrected chi connectivity index (χ3v) is 4.24. The number of likely N-dealkylation sites (tertiary alicyclic amines) is 1. The van der Waals surface area contributed by atoms with E-state index in [-0.39, 0.29) is 18.1 Å². The van der Waals surface area contributed by atoms with Crippen molar-refractivity contribution in [3.8, 4) is 0 Å². The zero-order chi connectivity index (χ0) is 14.8. The predicted octanol–water partition coefficient (Wildman–Crippen LogP) is 1.12. The summed E-state index contributed by atoms with van der Waals surface area (Å²) in [4.78, 5) is 20.6. The van der Waals surface area contributed by atoms with E-state index >= 15 is 0 Å². The van der Waals surface area contributed by atoms with Gasteiger partial charge in [0.05, 0.1) is 18.8 Å². The van der Waals surface area contributed by atoms with E-state index in [4.69, 9.17) is 4.74 Å². The second kappa shape index (κ2) is 6.12. The first-order chi connectivity index (χ1) is 10.1. The normalized spacial score (nSPS) is 27.4. The highest BCUT2D eigenvalue weighted by Crippen LogP contribution is 2.26. The Morgan fingerprint density at radius 1 is 1.29 bits per heavy atom. The maximum absolute atomic E-state index is 12.3. The summed E-state index contributed by atoms with van der Waals surface area (Å²) >= 11 is 0. The maximum Gasteiger partial charge on any atom is 0.236 e. The first kappa shape index (κ1) is 14.5. The first-order valence-electron chi connectivity index (χ1n) is 7.67. The molecule has 0 N–H and O–H groups in total. The Bertz CT molecular complexity index is 478. The monoisotopic (exact) mass is 289 g/mol. The fourth-order valence-corrected chi connectivity index (χ4v) is 3.22. The Balaban J connectivity index is 1.47. The Hall–Kier alpha value is -1.46. The third-order valence-electron chi connectivity index (χ3n) is 4.24. The maximum atomic E-state index is 12.3. The molecule has 5 heteroatoms. The first-order valence-corrected chi connectivity index (χ1v) is 7.67. The second-order valence-electron chi connectivity index (χ2n) is 6.23. The van der Waals surface area contributed by atoms with Crippen molar-refractivity contribution in [2.24, 2.45) is 0 Å². The molecule has 0 saturated carbocycles. The fourth-order valence-electron chi connectivity index (χ4n) is 3.22. The number of nitrogens with zero attached hydrogens (tertiary/aromatic N) is 3. The summed E-state index contributed by atoms with van der Waals surface area (Å²) < 4.78 is 5.70. The van der Waals surface area contributed by atoms with Crippen LogP contribution in [0.15, 0.2) is 24.5 Å². The van der Waals surface area contributed by atoms with Gasteiger partial charge in [-0.3, -0.25) is 14.7 Å². The summed E-state index contributed by atoms with van der Waals surface area (Å²) in [6.07, 6.45) is 4.10. The van der Waals surface area contributed by atoms with Crippen molar-refractivity contribution in [1.82, 2.24) is 14.8 Å².